The molecule has 1 aliphatic rings. The molecular weight excluding hydrogens is 182 g/mol. The molecule has 76 valence electrons. The van der Waals surface area contributed by atoms with Crippen molar-refractivity contribution in [1.82, 2.24) is 4.90 Å². The SMILES string of the molecule is CCC1(C)CCN(C(=O)C(C)S)C1. The fourth-order valence-electron chi connectivity index (χ4n) is 1.76. The predicted molar refractivity (Wildman–Crippen MR) is 58.0 cm³/mol. The molecule has 3 heteroatoms. The summed E-state index contributed by atoms with van der Waals surface area (Å²) in [5.41, 5.74) is 0.346. The molecule has 0 radical (unpaired) electrons. The Morgan fingerprint density at radius 1 is 1.69 bits per heavy atom. The van der Waals surface area contributed by atoms with Gasteiger partial charge < -0.3 is 4.90 Å². The van der Waals surface area contributed by atoms with Crippen LogP contribution in [0.3, 0.4) is 0 Å². The van der Waals surface area contributed by atoms with Gasteiger partial charge in [-0.25, -0.2) is 0 Å². The maximum absolute atomic E-state index is 11.6. The Bertz CT molecular complexity index is 205. The first-order chi connectivity index (χ1) is 5.98. The van der Waals surface area contributed by atoms with E-state index >= 15 is 0 Å². The Kier molecular flexibility index (Phi) is 3.28. The van der Waals surface area contributed by atoms with Gasteiger partial charge in [-0.1, -0.05) is 13.8 Å². The van der Waals surface area contributed by atoms with Crippen molar-refractivity contribution in [1.29, 1.82) is 0 Å². The van der Waals surface area contributed by atoms with Gasteiger partial charge in [0, 0.05) is 13.1 Å². The van der Waals surface area contributed by atoms with Crippen LogP contribution in [-0.4, -0.2) is 29.1 Å². The molecule has 0 aromatic carbocycles. The average molecular weight is 201 g/mol. The van der Waals surface area contributed by atoms with Crippen LogP contribution < -0.4 is 0 Å². The van der Waals surface area contributed by atoms with Gasteiger partial charge in [0.1, 0.15) is 0 Å². The second kappa shape index (κ2) is 3.91. The van der Waals surface area contributed by atoms with E-state index in [4.69, 9.17) is 0 Å². The molecule has 0 aromatic heterocycles. The molecule has 0 saturated carbocycles. The van der Waals surface area contributed by atoms with Crippen LogP contribution in [0.4, 0.5) is 0 Å². The third-order valence-corrected chi connectivity index (χ3v) is 3.30. The highest BCUT2D eigenvalue weighted by molar-refractivity contribution is 7.81. The molecule has 1 saturated heterocycles. The molecule has 1 amide bonds. The third-order valence-electron chi connectivity index (χ3n) is 3.08. The quantitative estimate of drug-likeness (QED) is 0.677. The summed E-state index contributed by atoms with van der Waals surface area (Å²) in [5, 5.41) is -0.154. The summed E-state index contributed by atoms with van der Waals surface area (Å²) in [7, 11) is 0. The monoisotopic (exact) mass is 201 g/mol. The number of rotatable bonds is 2. The Labute approximate surface area is 86.1 Å². The second-order valence-corrected chi connectivity index (χ2v) is 5.12. The van der Waals surface area contributed by atoms with E-state index in [9.17, 15) is 4.79 Å². The van der Waals surface area contributed by atoms with Gasteiger partial charge in [0.2, 0.25) is 5.91 Å². The van der Waals surface area contributed by atoms with Gasteiger partial charge in [-0.15, -0.1) is 0 Å². The number of carbonyl (C=O) groups excluding carboxylic acids is 1. The molecule has 1 rings (SSSR count). The molecule has 2 atom stereocenters. The van der Waals surface area contributed by atoms with Crippen molar-refractivity contribution in [2.45, 2.75) is 38.9 Å². The van der Waals surface area contributed by atoms with Gasteiger partial charge in [0.05, 0.1) is 5.25 Å². The molecule has 0 spiro atoms. The topological polar surface area (TPSA) is 20.3 Å². The van der Waals surface area contributed by atoms with Crippen LogP contribution in [-0.2, 0) is 4.79 Å². The molecule has 2 unspecified atom stereocenters. The van der Waals surface area contributed by atoms with Gasteiger partial charge >= 0.3 is 0 Å². The maximum atomic E-state index is 11.6. The minimum Gasteiger partial charge on any atom is -0.341 e. The molecule has 2 nitrogen and oxygen atoms in total. The van der Waals surface area contributed by atoms with Gasteiger partial charge in [-0.2, -0.15) is 12.6 Å². The lowest BCUT2D eigenvalue weighted by molar-refractivity contribution is -0.129. The molecule has 13 heavy (non-hydrogen) atoms. The molecule has 1 aliphatic heterocycles. The van der Waals surface area contributed by atoms with E-state index in [0.29, 0.717) is 5.41 Å². The lowest BCUT2D eigenvalue weighted by Gasteiger charge is -2.23. The van der Waals surface area contributed by atoms with Crippen LogP contribution in [0.25, 0.3) is 0 Å². The van der Waals surface area contributed by atoms with Gasteiger partial charge in [-0.05, 0) is 25.2 Å². The van der Waals surface area contributed by atoms with Crippen LogP contribution in [0.2, 0.25) is 0 Å². The second-order valence-electron chi connectivity index (χ2n) is 4.35. The van der Waals surface area contributed by atoms with E-state index in [0.717, 1.165) is 25.9 Å². The van der Waals surface area contributed by atoms with Gasteiger partial charge in [-0.3, -0.25) is 4.79 Å². The smallest absolute Gasteiger partial charge is 0.235 e. The van der Waals surface area contributed by atoms with Crippen LogP contribution in [0.1, 0.15) is 33.6 Å². The van der Waals surface area contributed by atoms with Crippen molar-refractivity contribution in [3.63, 3.8) is 0 Å². The van der Waals surface area contributed by atoms with Gasteiger partial charge in [0.15, 0.2) is 0 Å². The molecule has 0 aliphatic carbocycles. The standard InChI is InChI=1S/C10H19NOS/c1-4-10(3)5-6-11(7-10)9(12)8(2)13/h8,13H,4-7H2,1-3H3. The van der Waals surface area contributed by atoms with Crippen molar-refractivity contribution in [3.8, 4) is 0 Å². The summed E-state index contributed by atoms with van der Waals surface area (Å²) in [5.74, 6) is 0.181. The normalized spacial score (nSPS) is 30.6. The van der Waals surface area contributed by atoms with Crippen molar-refractivity contribution in [2.75, 3.05) is 13.1 Å². The first-order valence-corrected chi connectivity index (χ1v) is 5.47. The number of hydrogen-bond donors (Lipinski definition) is 1. The zero-order valence-corrected chi connectivity index (χ0v) is 9.60. The first kappa shape index (κ1) is 10.9. The van der Waals surface area contributed by atoms with Gasteiger partial charge in [0.25, 0.3) is 0 Å². The van der Waals surface area contributed by atoms with E-state index in [1.54, 1.807) is 0 Å². The lowest BCUT2D eigenvalue weighted by atomic mass is 9.87. The largest absolute Gasteiger partial charge is 0.341 e. The summed E-state index contributed by atoms with van der Waals surface area (Å²) < 4.78 is 0. The molecule has 1 fully saturated rings. The van der Waals surface area contributed by atoms with Crippen LogP contribution in [0.5, 0.6) is 0 Å². The van der Waals surface area contributed by atoms with Crippen LogP contribution in [0, 0.1) is 5.41 Å². The summed E-state index contributed by atoms with van der Waals surface area (Å²) in [6.45, 7) is 8.11. The molecular formula is C10H19NOS. The Hall–Kier alpha value is -0.180. The van der Waals surface area contributed by atoms with E-state index < -0.39 is 0 Å². The average Bonchev–Trinajstić information content (AvgIpc) is 2.47. The Morgan fingerprint density at radius 3 is 2.69 bits per heavy atom. The highest BCUT2D eigenvalue weighted by Crippen LogP contribution is 2.33. The van der Waals surface area contributed by atoms with Crippen molar-refractivity contribution in [2.24, 2.45) is 5.41 Å². The van der Waals surface area contributed by atoms with Crippen molar-refractivity contribution in [3.05, 3.63) is 0 Å². The van der Waals surface area contributed by atoms with E-state index in [1.165, 1.54) is 0 Å². The minimum atomic E-state index is -0.154. The number of thiol groups is 1. The minimum absolute atomic E-state index is 0.154. The summed E-state index contributed by atoms with van der Waals surface area (Å²) >= 11 is 4.16. The number of hydrogen-bond acceptors (Lipinski definition) is 2. The van der Waals surface area contributed by atoms with Crippen LogP contribution in [0.15, 0.2) is 0 Å². The van der Waals surface area contributed by atoms with E-state index in [-0.39, 0.29) is 11.2 Å². The number of carbonyl (C=O) groups is 1. The fraction of sp³-hybridized carbons (Fsp3) is 0.900. The van der Waals surface area contributed by atoms with Crippen LogP contribution >= 0.6 is 12.6 Å². The first-order valence-electron chi connectivity index (χ1n) is 4.95. The Balaban J connectivity index is 2.55. The number of nitrogens with zero attached hydrogens (tertiary/aromatic N) is 1. The highest BCUT2D eigenvalue weighted by atomic mass is 32.1. The zero-order valence-electron chi connectivity index (χ0n) is 8.71. The zero-order chi connectivity index (χ0) is 10.1. The molecule has 0 N–H and O–H groups in total. The summed E-state index contributed by atoms with van der Waals surface area (Å²) in [6.07, 6.45) is 2.29. The number of amides is 1. The van der Waals surface area contributed by atoms with E-state index in [1.807, 2.05) is 11.8 Å². The Morgan fingerprint density at radius 2 is 2.31 bits per heavy atom. The highest BCUT2D eigenvalue weighted by Gasteiger charge is 2.35. The van der Waals surface area contributed by atoms with Crippen molar-refractivity contribution >= 4 is 18.5 Å². The number of likely N-dealkylation sites (tertiary alicyclic amines) is 1. The molecule has 1 heterocycles. The van der Waals surface area contributed by atoms with Crippen molar-refractivity contribution < 1.29 is 4.79 Å². The summed E-state index contributed by atoms with van der Waals surface area (Å²) in [6, 6.07) is 0. The predicted octanol–water partition coefficient (Wildman–Crippen LogP) is 1.95. The van der Waals surface area contributed by atoms with E-state index in [2.05, 4.69) is 26.5 Å². The maximum Gasteiger partial charge on any atom is 0.235 e. The molecule has 0 bridgehead atoms. The third kappa shape index (κ3) is 2.39. The fourth-order valence-corrected chi connectivity index (χ4v) is 1.93. The summed E-state index contributed by atoms with van der Waals surface area (Å²) in [4.78, 5) is 13.5. The molecule has 0 aromatic rings. The lowest BCUT2D eigenvalue weighted by Crippen LogP contribution is -2.35.